The Kier molecular flexibility index (Phi) is 3.50. The molecule has 2 N–H and O–H groups in total. The Bertz CT molecular complexity index is 261. The zero-order valence-electron chi connectivity index (χ0n) is 9.87. The standard InChI is InChI=1S/C12H21NO3/c1-9-3-4-10(16-9)7-12(11(14)15)5-2-6-13-8-12/h9-10,13H,2-8H2,1H3,(H,14,15). The second-order valence-electron chi connectivity index (χ2n) is 5.22. The van der Waals surface area contributed by atoms with Crippen LogP contribution in [-0.4, -0.2) is 36.4 Å². The highest BCUT2D eigenvalue weighted by atomic mass is 16.5. The number of ether oxygens (including phenoxy) is 1. The van der Waals surface area contributed by atoms with Crippen molar-refractivity contribution >= 4 is 5.97 Å². The third-order valence-electron chi connectivity index (χ3n) is 3.86. The van der Waals surface area contributed by atoms with E-state index < -0.39 is 11.4 Å². The smallest absolute Gasteiger partial charge is 0.311 e. The first kappa shape index (κ1) is 11.9. The molecule has 0 radical (unpaired) electrons. The Labute approximate surface area is 96.4 Å². The lowest BCUT2D eigenvalue weighted by molar-refractivity contribution is -0.152. The summed E-state index contributed by atoms with van der Waals surface area (Å²) in [5.41, 5.74) is -0.590. The van der Waals surface area contributed by atoms with Crippen LogP contribution in [0.15, 0.2) is 0 Å². The number of hydrogen-bond acceptors (Lipinski definition) is 3. The van der Waals surface area contributed by atoms with E-state index in [9.17, 15) is 9.90 Å². The Balaban J connectivity index is 1.99. The Morgan fingerprint density at radius 1 is 1.56 bits per heavy atom. The van der Waals surface area contributed by atoms with Gasteiger partial charge in [-0.1, -0.05) is 0 Å². The molecule has 4 heteroatoms. The van der Waals surface area contributed by atoms with Crippen molar-refractivity contribution < 1.29 is 14.6 Å². The fourth-order valence-corrected chi connectivity index (χ4v) is 2.88. The molecule has 0 aromatic rings. The molecule has 0 aromatic carbocycles. The van der Waals surface area contributed by atoms with Crippen LogP contribution in [0.5, 0.6) is 0 Å². The SMILES string of the molecule is CC1CCC(CC2(C(=O)O)CCCNC2)O1. The highest BCUT2D eigenvalue weighted by Crippen LogP contribution is 2.36. The monoisotopic (exact) mass is 227 g/mol. The predicted molar refractivity (Wildman–Crippen MR) is 60.4 cm³/mol. The average molecular weight is 227 g/mol. The van der Waals surface area contributed by atoms with E-state index in [1.807, 2.05) is 0 Å². The van der Waals surface area contributed by atoms with Gasteiger partial charge in [-0.05, 0) is 45.6 Å². The summed E-state index contributed by atoms with van der Waals surface area (Å²) in [5.74, 6) is -0.664. The van der Waals surface area contributed by atoms with Gasteiger partial charge in [0.15, 0.2) is 0 Å². The fraction of sp³-hybridized carbons (Fsp3) is 0.917. The van der Waals surface area contributed by atoms with Crippen LogP contribution in [0.2, 0.25) is 0 Å². The molecule has 2 fully saturated rings. The summed E-state index contributed by atoms with van der Waals surface area (Å²) < 4.78 is 5.75. The molecule has 0 aromatic heterocycles. The average Bonchev–Trinajstić information content (AvgIpc) is 2.65. The van der Waals surface area contributed by atoms with Crippen LogP contribution in [0.4, 0.5) is 0 Å². The molecule has 0 aliphatic carbocycles. The number of carboxylic acid groups (broad SMARTS) is 1. The van der Waals surface area contributed by atoms with Gasteiger partial charge in [-0.3, -0.25) is 4.79 Å². The van der Waals surface area contributed by atoms with E-state index in [-0.39, 0.29) is 6.10 Å². The minimum Gasteiger partial charge on any atom is -0.481 e. The van der Waals surface area contributed by atoms with Gasteiger partial charge in [0.2, 0.25) is 0 Å². The maximum Gasteiger partial charge on any atom is 0.311 e. The van der Waals surface area contributed by atoms with Gasteiger partial charge in [-0.2, -0.15) is 0 Å². The van der Waals surface area contributed by atoms with E-state index in [2.05, 4.69) is 12.2 Å². The molecule has 2 aliphatic heterocycles. The lowest BCUT2D eigenvalue weighted by Crippen LogP contribution is -2.47. The second kappa shape index (κ2) is 4.72. The summed E-state index contributed by atoms with van der Waals surface area (Å²) >= 11 is 0. The molecule has 92 valence electrons. The molecular formula is C12H21NO3. The van der Waals surface area contributed by atoms with Crippen LogP contribution >= 0.6 is 0 Å². The molecule has 2 heterocycles. The van der Waals surface area contributed by atoms with Gasteiger partial charge in [0.05, 0.1) is 17.6 Å². The number of aliphatic carboxylic acids is 1. The number of rotatable bonds is 3. The van der Waals surface area contributed by atoms with E-state index in [1.165, 1.54) is 0 Å². The molecule has 2 aliphatic rings. The van der Waals surface area contributed by atoms with Crippen molar-refractivity contribution in [2.75, 3.05) is 13.1 Å². The normalized spacial score (nSPS) is 39.8. The Morgan fingerprint density at radius 3 is 2.88 bits per heavy atom. The molecule has 3 unspecified atom stereocenters. The molecule has 0 amide bonds. The van der Waals surface area contributed by atoms with Crippen LogP contribution in [0.1, 0.15) is 39.0 Å². The molecular weight excluding hydrogens is 206 g/mol. The van der Waals surface area contributed by atoms with Gasteiger partial charge >= 0.3 is 5.97 Å². The van der Waals surface area contributed by atoms with Crippen molar-refractivity contribution in [2.45, 2.75) is 51.2 Å². The van der Waals surface area contributed by atoms with Gasteiger partial charge < -0.3 is 15.2 Å². The van der Waals surface area contributed by atoms with Crippen molar-refractivity contribution in [3.05, 3.63) is 0 Å². The van der Waals surface area contributed by atoms with Gasteiger partial charge in [0.25, 0.3) is 0 Å². The minimum absolute atomic E-state index is 0.144. The van der Waals surface area contributed by atoms with E-state index >= 15 is 0 Å². The van der Waals surface area contributed by atoms with Crippen LogP contribution in [0.3, 0.4) is 0 Å². The first-order valence-electron chi connectivity index (χ1n) is 6.22. The van der Waals surface area contributed by atoms with E-state index in [0.29, 0.717) is 19.1 Å². The molecule has 0 spiro atoms. The lowest BCUT2D eigenvalue weighted by atomic mass is 9.76. The van der Waals surface area contributed by atoms with Crippen LogP contribution in [0.25, 0.3) is 0 Å². The first-order chi connectivity index (χ1) is 7.62. The summed E-state index contributed by atoms with van der Waals surface area (Å²) in [6.07, 6.45) is 4.92. The molecule has 4 nitrogen and oxygen atoms in total. The largest absolute Gasteiger partial charge is 0.481 e. The Hall–Kier alpha value is -0.610. The number of hydrogen-bond donors (Lipinski definition) is 2. The third kappa shape index (κ3) is 2.38. The molecule has 0 saturated carbocycles. The summed E-state index contributed by atoms with van der Waals surface area (Å²) in [6.45, 7) is 3.60. The second-order valence-corrected chi connectivity index (χ2v) is 5.22. The van der Waals surface area contributed by atoms with Gasteiger partial charge in [0, 0.05) is 6.54 Å². The topological polar surface area (TPSA) is 58.6 Å². The quantitative estimate of drug-likeness (QED) is 0.765. The van der Waals surface area contributed by atoms with Crippen molar-refractivity contribution in [1.82, 2.24) is 5.32 Å². The number of carboxylic acids is 1. The maximum absolute atomic E-state index is 11.5. The highest BCUT2D eigenvalue weighted by Gasteiger charge is 2.42. The van der Waals surface area contributed by atoms with Crippen molar-refractivity contribution in [1.29, 1.82) is 0 Å². The van der Waals surface area contributed by atoms with Gasteiger partial charge in [0.1, 0.15) is 0 Å². The van der Waals surface area contributed by atoms with Gasteiger partial charge in [-0.15, -0.1) is 0 Å². The number of carbonyl (C=O) groups is 1. The molecule has 0 bridgehead atoms. The minimum atomic E-state index is -0.664. The van der Waals surface area contributed by atoms with Crippen LogP contribution in [-0.2, 0) is 9.53 Å². The first-order valence-corrected chi connectivity index (χ1v) is 6.22. The molecule has 2 rings (SSSR count). The summed E-state index contributed by atoms with van der Waals surface area (Å²) in [5, 5.41) is 12.6. The van der Waals surface area contributed by atoms with Crippen molar-refractivity contribution in [2.24, 2.45) is 5.41 Å². The third-order valence-corrected chi connectivity index (χ3v) is 3.86. The van der Waals surface area contributed by atoms with Crippen molar-refractivity contribution in [3.63, 3.8) is 0 Å². The summed E-state index contributed by atoms with van der Waals surface area (Å²) in [7, 11) is 0. The highest BCUT2D eigenvalue weighted by molar-refractivity contribution is 5.75. The lowest BCUT2D eigenvalue weighted by Gasteiger charge is -2.35. The summed E-state index contributed by atoms with van der Waals surface area (Å²) in [6, 6.07) is 0. The summed E-state index contributed by atoms with van der Waals surface area (Å²) in [4.78, 5) is 11.5. The maximum atomic E-state index is 11.5. The van der Waals surface area contributed by atoms with Crippen LogP contribution in [0, 0.1) is 5.41 Å². The number of piperidine rings is 1. The zero-order chi connectivity index (χ0) is 11.6. The molecule has 3 atom stereocenters. The predicted octanol–water partition coefficient (Wildman–Crippen LogP) is 1.40. The number of nitrogens with one attached hydrogen (secondary N) is 1. The van der Waals surface area contributed by atoms with E-state index in [1.54, 1.807) is 0 Å². The van der Waals surface area contributed by atoms with E-state index in [4.69, 9.17) is 4.74 Å². The molecule has 16 heavy (non-hydrogen) atoms. The fourth-order valence-electron chi connectivity index (χ4n) is 2.88. The van der Waals surface area contributed by atoms with Gasteiger partial charge in [-0.25, -0.2) is 0 Å². The zero-order valence-corrected chi connectivity index (χ0v) is 9.87. The van der Waals surface area contributed by atoms with E-state index in [0.717, 1.165) is 32.2 Å². The Morgan fingerprint density at radius 2 is 2.38 bits per heavy atom. The van der Waals surface area contributed by atoms with Crippen molar-refractivity contribution in [3.8, 4) is 0 Å². The van der Waals surface area contributed by atoms with Crippen LogP contribution < -0.4 is 5.32 Å². The molecule has 2 saturated heterocycles.